The molecule has 1 fully saturated rings. The predicted molar refractivity (Wildman–Crippen MR) is 102 cm³/mol. The molecule has 0 spiro atoms. The minimum Gasteiger partial charge on any atom is -0.326 e. The minimum atomic E-state index is -4.55. The Morgan fingerprint density at radius 3 is 2.57 bits per heavy atom. The Morgan fingerprint density at radius 2 is 1.86 bits per heavy atom. The van der Waals surface area contributed by atoms with Crippen molar-refractivity contribution in [3.05, 3.63) is 59.7 Å². The van der Waals surface area contributed by atoms with Crippen molar-refractivity contribution >= 4 is 40.1 Å². The predicted octanol–water partition coefficient (Wildman–Crippen LogP) is 4.26. The van der Waals surface area contributed by atoms with Crippen molar-refractivity contribution in [3.8, 4) is 0 Å². The van der Waals surface area contributed by atoms with Gasteiger partial charge >= 0.3 is 6.18 Å². The Hall–Kier alpha value is -2.81. The van der Waals surface area contributed by atoms with Gasteiger partial charge in [0.2, 0.25) is 11.8 Å². The van der Waals surface area contributed by atoms with E-state index in [0.29, 0.717) is 5.69 Å². The number of benzene rings is 2. The van der Waals surface area contributed by atoms with Gasteiger partial charge in [-0.05, 0) is 30.7 Å². The van der Waals surface area contributed by atoms with E-state index in [1.54, 1.807) is 12.1 Å². The van der Waals surface area contributed by atoms with Crippen LogP contribution in [0, 0.1) is 6.92 Å². The zero-order valence-corrected chi connectivity index (χ0v) is 15.5. The standard InChI is InChI=1S/C19H16F3N3O2S/c1-11-6-2-4-8-13(11)23-16(26)10-15-17(27)25-18(28-15)24-14-9-5-3-7-12(14)19(20,21)22/h2-9,15H,10H2,1H3,(H,23,26)(H,24,25,27)/t15-/m1/s1. The van der Waals surface area contributed by atoms with E-state index in [0.717, 1.165) is 23.4 Å². The molecule has 5 nitrogen and oxygen atoms in total. The Morgan fingerprint density at radius 1 is 1.18 bits per heavy atom. The van der Waals surface area contributed by atoms with Crippen LogP contribution in [-0.4, -0.2) is 22.2 Å². The van der Waals surface area contributed by atoms with Gasteiger partial charge < -0.3 is 10.6 Å². The van der Waals surface area contributed by atoms with Crippen molar-refractivity contribution in [3.63, 3.8) is 0 Å². The van der Waals surface area contributed by atoms with Crippen LogP contribution in [0.4, 0.5) is 24.5 Å². The number of hydrogen-bond acceptors (Lipinski definition) is 4. The van der Waals surface area contributed by atoms with Crippen LogP contribution in [0.1, 0.15) is 17.5 Å². The molecule has 0 saturated carbocycles. The Bertz CT molecular complexity index is 944. The van der Waals surface area contributed by atoms with Gasteiger partial charge in [0.25, 0.3) is 0 Å². The van der Waals surface area contributed by atoms with Crippen LogP contribution in [0.5, 0.6) is 0 Å². The zero-order valence-electron chi connectivity index (χ0n) is 14.7. The molecule has 2 N–H and O–H groups in total. The van der Waals surface area contributed by atoms with Gasteiger partial charge in [-0.25, -0.2) is 4.99 Å². The first-order valence-electron chi connectivity index (χ1n) is 8.32. The van der Waals surface area contributed by atoms with Crippen LogP contribution >= 0.6 is 11.8 Å². The van der Waals surface area contributed by atoms with Crippen LogP contribution in [0.3, 0.4) is 0 Å². The van der Waals surface area contributed by atoms with E-state index in [9.17, 15) is 22.8 Å². The summed E-state index contributed by atoms with van der Waals surface area (Å²) in [5.74, 6) is -0.827. The number of amidine groups is 1. The van der Waals surface area contributed by atoms with E-state index in [2.05, 4.69) is 15.6 Å². The molecule has 1 aliphatic rings. The van der Waals surface area contributed by atoms with E-state index < -0.39 is 22.9 Å². The van der Waals surface area contributed by atoms with Gasteiger partial charge in [0.1, 0.15) is 5.25 Å². The number of thioether (sulfide) groups is 1. The summed E-state index contributed by atoms with van der Waals surface area (Å²) < 4.78 is 39.2. The van der Waals surface area contributed by atoms with Gasteiger partial charge in [0, 0.05) is 12.1 Å². The second-order valence-electron chi connectivity index (χ2n) is 6.09. The number of anilines is 1. The highest BCUT2D eigenvalue weighted by Crippen LogP contribution is 2.37. The second-order valence-corrected chi connectivity index (χ2v) is 7.29. The molecule has 2 aromatic carbocycles. The quantitative estimate of drug-likeness (QED) is 0.796. The van der Waals surface area contributed by atoms with E-state index in [1.807, 2.05) is 19.1 Å². The fourth-order valence-corrected chi connectivity index (χ4v) is 3.58. The summed E-state index contributed by atoms with van der Waals surface area (Å²) in [6.07, 6.45) is -4.68. The van der Waals surface area contributed by atoms with E-state index in [1.165, 1.54) is 18.2 Å². The molecule has 1 saturated heterocycles. The van der Waals surface area contributed by atoms with Crippen LogP contribution in [-0.2, 0) is 15.8 Å². The third kappa shape index (κ3) is 4.72. The number of nitrogens with zero attached hydrogens (tertiary/aromatic N) is 1. The lowest BCUT2D eigenvalue weighted by molar-refractivity contribution is -0.137. The first kappa shape index (κ1) is 19.9. The zero-order chi connectivity index (χ0) is 20.3. The molecule has 3 rings (SSSR count). The van der Waals surface area contributed by atoms with Crippen molar-refractivity contribution < 1.29 is 22.8 Å². The number of halogens is 3. The number of para-hydroxylation sites is 2. The summed E-state index contributed by atoms with van der Waals surface area (Å²) in [5, 5.41) is 4.44. The molecule has 0 aromatic heterocycles. The molecule has 0 aliphatic carbocycles. The highest BCUT2D eigenvalue weighted by Gasteiger charge is 2.35. The number of amides is 2. The third-order valence-electron chi connectivity index (χ3n) is 4.00. The normalized spacial score (nSPS) is 18.2. The van der Waals surface area contributed by atoms with Crippen molar-refractivity contribution in [2.75, 3.05) is 5.32 Å². The maximum atomic E-state index is 13.1. The van der Waals surface area contributed by atoms with Gasteiger partial charge in [-0.1, -0.05) is 42.1 Å². The molecule has 1 aliphatic heterocycles. The van der Waals surface area contributed by atoms with Gasteiger partial charge in [0.15, 0.2) is 5.17 Å². The summed E-state index contributed by atoms with van der Waals surface area (Å²) >= 11 is 0.937. The lowest BCUT2D eigenvalue weighted by atomic mass is 10.2. The molecular weight excluding hydrogens is 391 g/mol. The number of carbonyl (C=O) groups is 2. The molecule has 2 aromatic rings. The average molecular weight is 407 g/mol. The van der Waals surface area contributed by atoms with Crippen molar-refractivity contribution in [1.29, 1.82) is 0 Å². The molecule has 9 heteroatoms. The number of rotatable bonds is 4. The van der Waals surface area contributed by atoms with Gasteiger partial charge in [0.05, 0.1) is 11.3 Å². The number of aryl methyl sites for hydroxylation is 1. The molecule has 1 heterocycles. The number of nitrogens with one attached hydrogen (secondary N) is 2. The highest BCUT2D eigenvalue weighted by molar-refractivity contribution is 8.15. The lowest BCUT2D eigenvalue weighted by Gasteiger charge is -2.10. The van der Waals surface area contributed by atoms with Crippen LogP contribution in [0.25, 0.3) is 0 Å². The number of aliphatic imine (C=N–C) groups is 1. The van der Waals surface area contributed by atoms with Gasteiger partial charge in [-0.3, -0.25) is 9.59 Å². The highest BCUT2D eigenvalue weighted by atomic mass is 32.2. The Kier molecular flexibility index (Phi) is 5.73. The summed E-state index contributed by atoms with van der Waals surface area (Å²) in [4.78, 5) is 28.2. The topological polar surface area (TPSA) is 70.6 Å². The summed E-state index contributed by atoms with van der Waals surface area (Å²) in [7, 11) is 0. The second kappa shape index (κ2) is 8.05. The summed E-state index contributed by atoms with van der Waals surface area (Å²) in [6, 6.07) is 12.1. The van der Waals surface area contributed by atoms with Gasteiger partial charge in [-0.2, -0.15) is 13.2 Å². The third-order valence-corrected chi connectivity index (χ3v) is 5.08. The van der Waals surface area contributed by atoms with E-state index >= 15 is 0 Å². The fraction of sp³-hybridized carbons (Fsp3) is 0.211. The molecule has 146 valence electrons. The Labute approximate surface area is 163 Å². The number of alkyl halides is 3. The summed E-state index contributed by atoms with van der Waals surface area (Å²) in [6.45, 7) is 1.84. The fourth-order valence-electron chi connectivity index (χ4n) is 2.60. The number of carbonyl (C=O) groups excluding carboxylic acids is 2. The van der Waals surface area contributed by atoms with E-state index in [4.69, 9.17) is 0 Å². The van der Waals surface area contributed by atoms with Crippen LogP contribution in [0.15, 0.2) is 53.5 Å². The monoisotopic (exact) mass is 407 g/mol. The summed E-state index contributed by atoms with van der Waals surface area (Å²) in [5.41, 5.74) is 0.343. The smallest absolute Gasteiger partial charge is 0.326 e. The Balaban J connectivity index is 1.70. The van der Waals surface area contributed by atoms with Crippen molar-refractivity contribution in [2.24, 2.45) is 4.99 Å². The number of hydrogen-bond donors (Lipinski definition) is 2. The first-order valence-corrected chi connectivity index (χ1v) is 9.20. The molecule has 1 atom stereocenters. The van der Waals surface area contributed by atoms with Crippen molar-refractivity contribution in [2.45, 2.75) is 24.8 Å². The maximum absolute atomic E-state index is 13.1. The van der Waals surface area contributed by atoms with Crippen LogP contribution in [0.2, 0.25) is 0 Å². The molecule has 0 bridgehead atoms. The molecule has 0 radical (unpaired) electrons. The maximum Gasteiger partial charge on any atom is 0.418 e. The van der Waals surface area contributed by atoms with Crippen LogP contribution < -0.4 is 10.6 Å². The van der Waals surface area contributed by atoms with Gasteiger partial charge in [-0.15, -0.1) is 0 Å². The average Bonchev–Trinajstić information content (AvgIpc) is 2.95. The molecular formula is C19H16F3N3O2S. The van der Waals surface area contributed by atoms with E-state index in [-0.39, 0.29) is 23.2 Å². The molecule has 2 amide bonds. The largest absolute Gasteiger partial charge is 0.418 e. The van der Waals surface area contributed by atoms with Crippen molar-refractivity contribution in [1.82, 2.24) is 5.32 Å². The molecule has 0 unspecified atom stereocenters. The molecule has 28 heavy (non-hydrogen) atoms. The minimum absolute atomic E-state index is 0.0374. The SMILES string of the molecule is Cc1ccccc1NC(=O)C[C@H]1SC(=Nc2ccccc2C(F)(F)F)NC1=O. The first-order chi connectivity index (χ1) is 13.2. The lowest BCUT2D eigenvalue weighted by Crippen LogP contribution is -2.28.